The van der Waals surface area contributed by atoms with Crippen LogP contribution in [-0.2, 0) is 0 Å². The Balaban J connectivity index is 0.000000577. The molecule has 0 saturated carbocycles. The number of hydrogen-bond donors (Lipinski definition) is 1. The summed E-state index contributed by atoms with van der Waals surface area (Å²) in [4.78, 5) is 4.18. The highest BCUT2D eigenvalue weighted by Gasteiger charge is 2.17. The van der Waals surface area contributed by atoms with Crippen molar-refractivity contribution in [2.75, 3.05) is 5.84 Å². The lowest BCUT2D eigenvalue weighted by molar-refractivity contribution is 0.622. The Kier molecular flexibility index (Phi) is 12.4. The standard InChI is InChI=1S/C13H13N3O.C6H12.2C2H6/c1-8-10-5-3-4-6-11(10)17-13(8)12-9(2)15-7-16(12)14;1-3-5-6-4-2;2*1-2/h3-7H,14H2,1-2H3;5-6H,3-4H2,1-2H3;2*1-2H3/b;6-5+;;. The lowest BCUT2D eigenvalue weighted by atomic mass is 10.1. The normalized spacial score (nSPS) is 9.78. The number of allylic oxidation sites excluding steroid dienone is 2. The Bertz CT molecular complexity index is 772. The Morgan fingerprint density at radius 3 is 2.00 bits per heavy atom. The molecule has 0 atom stereocenters. The van der Waals surface area contributed by atoms with E-state index in [1.54, 1.807) is 6.33 Å². The molecule has 0 fully saturated rings. The predicted octanol–water partition coefficient (Wildman–Crippen LogP) is 7.04. The molecule has 2 heterocycles. The molecule has 0 aliphatic rings. The third-order valence-corrected chi connectivity index (χ3v) is 3.67. The SMILES string of the molecule is CC.CC.CC/C=C/CC.Cc1ncn(N)c1-c1oc2ccccc2c1C. The first kappa shape index (κ1) is 24.5. The molecule has 0 saturated heterocycles. The van der Waals surface area contributed by atoms with Gasteiger partial charge < -0.3 is 10.3 Å². The number of fused-ring (bicyclic) bond motifs is 1. The van der Waals surface area contributed by atoms with Crippen molar-refractivity contribution in [1.29, 1.82) is 0 Å². The molecule has 0 aliphatic heterocycles. The first-order valence-corrected chi connectivity index (χ1v) is 10.0. The van der Waals surface area contributed by atoms with Crippen LogP contribution in [0.3, 0.4) is 0 Å². The molecule has 0 aliphatic carbocycles. The molecule has 0 radical (unpaired) electrons. The number of benzene rings is 1. The molecule has 4 heteroatoms. The van der Waals surface area contributed by atoms with Gasteiger partial charge in [0.25, 0.3) is 0 Å². The van der Waals surface area contributed by atoms with E-state index < -0.39 is 0 Å². The van der Waals surface area contributed by atoms with E-state index in [9.17, 15) is 0 Å². The van der Waals surface area contributed by atoms with Gasteiger partial charge >= 0.3 is 0 Å². The number of para-hydroxylation sites is 1. The van der Waals surface area contributed by atoms with Gasteiger partial charge in [0.05, 0.1) is 5.69 Å². The number of aromatic nitrogens is 2. The van der Waals surface area contributed by atoms with Gasteiger partial charge in [-0.25, -0.2) is 9.66 Å². The smallest absolute Gasteiger partial charge is 0.158 e. The highest BCUT2D eigenvalue weighted by atomic mass is 16.3. The molecule has 1 aromatic carbocycles. The van der Waals surface area contributed by atoms with E-state index in [1.807, 2.05) is 65.8 Å². The van der Waals surface area contributed by atoms with Crippen LogP contribution in [0.2, 0.25) is 0 Å². The van der Waals surface area contributed by atoms with Gasteiger partial charge in [0.15, 0.2) is 5.76 Å². The maximum Gasteiger partial charge on any atom is 0.158 e. The lowest BCUT2D eigenvalue weighted by Crippen LogP contribution is -2.08. The van der Waals surface area contributed by atoms with Gasteiger partial charge in [0.1, 0.15) is 17.6 Å². The minimum Gasteiger partial charge on any atom is -0.454 e. The molecule has 0 bridgehead atoms. The Morgan fingerprint density at radius 2 is 1.56 bits per heavy atom. The van der Waals surface area contributed by atoms with Crippen LogP contribution in [0.15, 0.2) is 47.2 Å². The van der Waals surface area contributed by atoms with E-state index in [4.69, 9.17) is 10.3 Å². The Hall–Kier alpha value is -2.49. The zero-order chi connectivity index (χ0) is 20.8. The van der Waals surface area contributed by atoms with Gasteiger partial charge in [-0.3, -0.25) is 0 Å². The van der Waals surface area contributed by atoms with E-state index in [2.05, 4.69) is 31.0 Å². The van der Waals surface area contributed by atoms with Crippen molar-refractivity contribution >= 4 is 11.0 Å². The van der Waals surface area contributed by atoms with Gasteiger partial charge in [-0.15, -0.1) is 0 Å². The summed E-state index contributed by atoms with van der Waals surface area (Å²) >= 11 is 0. The summed E-state index contributed by atoms with van der Waals surface area (Å²) in [5, 5.41) is 1.11. The van der Waals surface area contributed by atoms with Crippen molar-refractivity contribution in [1.82, 2.24) is 9.66 Å². The van der Waals surface area contributed by atoms with E-state index in [0.29, 0.717) is 0 Å². The first-order valence-electron chi connectivity index (χ1n) is 10.0. The zero-order valence-corrected chi connectivity index (χ0v) is 18.3. The number of imidazole rings is 1. The van der Waals surface area contributed by atoms with Crippen molar-refractivity contribution in [2.45, 2.75) is 68.2 Å². The third-order valence-electron chi connectivity index (χ3n) is 3.67. The van der Waals surface area contributed by atoms with Crippen LogP contribution in [0.4, 0.5) is 0 Å². The maximum atomic E-state index is 5.86. The molecule has 2 aromatic heterocycles. The quantitative estimate of drug-likeness (QED) is 0.396. The number of aryl methyl sites for hydroxylation is 2. The van der Waals surface area contributed by atoms with Crippen molar-refractivity contribution in [3.05, 3.63) is 54.0 Å². The summed E-state index contributed by atoms with van der Waals surface area (Å²) < 4.78 is 7.36. The molecule has 150 valence electrons. The summed E-state index contributed by atoms with van der Waals surface area (Å²) in [6.07, 6.45) is 8.30. The molecule has 0 unspecified atom stereocenters. The topological polar surface area (TPSA) is 57.0 Å². The Labute approximate surface area is 165 Å². The summed E-state index contributed by atoms with van der Waals surface area (Å²) in [7, 11) is 0. The van der Waals surface area contributed by atoms with Crippen LogP contribution in [0.5, 0.6) is 0 Å². The van der Waals surface area contributed by atoms with Crippen LogP contribution >= 0.6 is 0 Å². The van der Waals surface area contributed by atoms with E-state index in [1.165, 1.54) is 17.5 Å². The number of nitrogens with two attached hydrogens (primary N) is 1. The fourth-order valence-electron chi connectivity index (χ4n) is 2.47. The van der Waals surface area contributed by atoms with Crippen molar-refractivity contribution in [3.8, 4) is 11.5 Å². The number of hydrogen-bond acceptors (Lipinski definition) is 3. The Morgan fingerprint density at radius 1 is 1.00 bits per heavy atom. The van der Waals surface area contributed by atoms with Crippen LogP contribution in [-0.4, -0.2) is 9.66 Å². The number of furan rings is 1. The summed E-state index contributed by atoms with van der Waals surface area (Å²) in [5.74, 6) is 6.65. The van der Waals surface area contributed by atoms with E-state index in [-0.39, 0.29) is 0 Å². The monoisotopic (exact) mass is 371 g/mol. The highest BCUT2D eigenvalue weighted by Crippen LogP contribution is 2.33. The average Bonchev–Trinajstić information content (AvgIpc) is 3.22. The average molecular weight is 372 g/mol. The fraction of sp³-hybridized carbons (Fsp3) is 0.435. The van der Waals surface area contributed by atoms with E-state index in [0.717, 1.165) is 33.7 Å². The molecule has 27 heavy (non-hydrogen) atoms. The zero-order valence-electron chi connectivity index (χ0n) is 18.3. The second kappa shape index (κ2) is 13.7. The summed E-state index contributed by atoms with van der Waals surface area (Å²) in [6.45, 7) is 16.2. The first-order chi connectivity index (χ1) is 13.1. The molecule has 3 aromatic rings. The van der Waals surface area contributed by atoms with Crippen LogP contribution < -0.4 is 5.84 Å². The molecule has 0 spiro atoms. The molecule has 0 amide bonds. The fourth-order valence-corrected chi connectivity index (χ4v) is 2.47. The van der Waals surface area contributed by atoms with Gasteiger partial charge in [-0.2, -0.15) is 0 Å². The predicted molar refractivity (Wildman–Crippen MR) is 119 cm³/mol. The third kappa shape index (κ3) is 6.63. The number of rotatable bonds is 3. The molecule has 2 N–H and O–H groups in total. The van der Waals surface area contributed by atoms with Crippen molar-refractivity contribution in [2.24, 2.45) is 0 Å². The summed E-state index contributed by atoms with van der Waals surface area (Å²) in [5.41, 5.74) is 3.67. The van der Waals surface area contributed by atoms with Crippen molar-refractivity contribution < 1.29 is 4.42 Å². The highest BCUT2D eigenvalue weighted by molar-refractivity contribution is 5.87. The number of nitrogen functional groups attached to an aromatic ring is 1. The largest absolute Gasteiger partial charge is 0.454 e. The van der Waals surface area contributed by atoms with Crippen LogP contribution in [0.25, 0.3) is 22.4 Å². The maximum absolute atomic E-state index is 5.86. The molecule has 4 nitrogen and oxygen atoms in total. The second-order valence-electron chi connectivity index (χ2n) is 5.43. The molecular formula is C23H37N3O. The van der Waals surface area contributed by atoms with Gasteiger partial charge in [0, 0.05) is 10.9 Å². The van der Waals surface area contributed by atoms with Gasteiger partial charge in [-0.1, -0.05) is 71.9 Å². The molecular weight excluding hydrogens is 334 g/mol. The van der Waals surface area contributed by atoms with Gasteiger partial charge in [-0.05, 0) is 32.8 Å². The van der Waals surface area contributed by atoms with Crippen molar-refractivity contribution in [3.63, 3.8) is 0 Å². The number of nitrogens with zero attached hydrogens (tertiary/aromatic N) is 2. The lowest BCUT2D eigenvalue weighted by Gasteiger charge is -2.00. The minimum absolute atomic E-state index is 0.795. The second-order valence-corrected chi connectivity index (χ2v) is 5.43. The van der Waals surface area contributed by atoms with E-state index >= 15 is 0 Å². The summed E-state index contributed by atoms with van der Waals surface area (Å²) in [6, 6.07) is 7.96. The van der Waals surface area contributed by atoms with Crippen LogP contribution in [0.1, 0.15) is 65.6 Å². The minimum atomic E-state index is 0.795. The molecule has 3 rings (SSSR count). The van der Waals surface area contributed by atoms with Gasteiger partial charge in [0.2, 0.25) is 0 Å². The van der Waals surface area contributed by atoms with Crippen LogP contribution in [0, 0.1) is 13.8 Å².